The number of likely N-dealkylation sites (N-methyl/N-ethyl adjacent to an activating group) is 1. The van der Waals surface area contributed by atoms with Gasteiger partial charge in [-0.1, -0.05) is 29.8 Å². The summed E-state index contributed by atoms with van der Waals surface area (Å²) in [6.45, 7) is 5.68. The Kier molecular flexibility index (Phi) is 5.34. The third-order valence-electron chi connectivity index (χ3n) is 3.77. The third kappa shape index (κ3) is 3.98. The van der Waals surface area contributed by atoms with Crippen molar-refractivity contribution in [1.82, 2.24) is 4.90 Å². The van der Waals surface area contributed by atoms with Crippen LogP contribution in [0.5, 0.6) is 0 Å². The molecular formula is C19H21FN2O2. The summed E-state index contributed by atoms with van der Waals surface area (Å²) in [4.78, 5) is 25.7. The number of nitrogens with one attached hydrogen (secondary N) is 1. The second-order valence-corrected chi connectivity index (χ2v) is 5.96. The van der Waals surface area contributed by atoms with Gasteiger partial charge in [0.25, 0.3) is 5.91 Å². The van der Waals surface area contributed by atoms with Crippen molar-refractivity contribution < 1.29 is 14.0 Å². The molecule has 0 saturated heterocycles. The molecule has 5 heteroatoms. The van der Waals surface area contributed by atoms with E-state index in [1.165, 1.54) is 30.1 Å². The minimum absolute atomic E-state index is 0.0458. The Labute approximate surface area is 141 Å². The van der Waals surface area contributed by atoms with Gasteiger partial charge in [0.1, 0.15) is 5.82 Å². The van der Waals surface area contributed by atoms with Crippen LogP contribution in [0.4, 0.5) is 10.1 Å². The van der Waals surface area contributed by atoms with Crippen LogP contribution in [-0.4, -0.2) is 30.3 Å². The predicted octanol–water partition coefficient (Wildman–Crippen LogP) is 3.46. The van der Waals surface area contributed by atoms with Gasteiger partial charge in [0.2, 0.25) is 5.91 Å². The van der Waals surface area contributed by atoms with Crippen molar-refractivity contribution in [3.8, 4) is 0 Å². The topological polar surface area (TPSA) is 49.4 Å². The van der Waals surface area contributed by atoms with Crippen molar-refractivity contribution >= 4 is 17.5 Å². The molecule has 0 spiro atoms. The zero-order valence-corrected chi connectivity index (χ0v) is 14.3. The molecule has 126 valence electrons. The van der Waals surface area contributed by atoms with Crippen molar-refractivity contribution in [3.05, 3.63) is 64.5 Å². The zero-order chi connectivity index (χ0) is 17.9. The standard InChI is InChI=1S/C19H21FN2O2/c1-12-9-13(2)18(14(3)10-12)21-17(23)11-22(4)19(24)15-7-5-6-8-16(15)20/h5-10H,11H2,1-4H3,(H,21,23). The lowest BCUT2D eigenvalue weighted by Crippen LogP contribution is -2.35. The lowest BCUT2D eigenvalue weighted by Gasteiger charge is -2.18. The number of rotatable bonds is 4. The van der Waals surface area contributed by atoms with Crippen molar-refractivity contribution in [2.24, 2.45) is 0 Å². The minimum atomic E-state index is -0.597. The molecule has 0 atom stereocenters. The Balaban J connectivity index is 2.07. The van der Waals surface area contributed by atoms with Crippen molar-refractivity contribution in [2.75, 3.05) is 18.9 Å². The van der Waals surface area contributed by atoms with E-state index in [0.717, 1.165) is 22.4 Å². The Bertz CT molecular complexity index is 764. The highest BCUT2D eigenvalue weighted by atomic mass is 19.1. The first-order valence-corrected chi connectivity index (χ1v) is 7.67. The van der Waals surface area contributed by atoms with E-state index in [9.17, 15) is 14.0 Å². The van der Waals surface area contributed by atoms with E-state index in [1.54, 1.807) is 6.07 Å². The molecular weight excluding hydrogens is 307 g/mol. The molecule has 0 bridgehead atoms. The van der Waals surface area contributed by atoms with Gasteiger partial charge in [-0.2, -0.15) is 0 Å². The molecule has 1 N–H and O–H groups in total. The Hall–Kier alpha value is -2.69. The summed E-state index contributed by atoms with van der Waals surface area (Å²) in [6, 6.07) is 9.69. The molecule has 0 aromatic heterocycles. The molecule has 0 aliphatic rings. The lowest BCUT2D eigenvalue weighted by molar-refractivity contribution is -0.116. The van der Waals surface area contributed by atoms with Crippen LogP contribution in [0.3, 0.4) is 0 Å². The fourth-order valence-electron chi connectivity index (χ4n) is 2.68. The van der Waals surface area contributed by atoms with E-state index in [-0.39, 0.29) is 18.0 Å². The van der Waals surface area contributed by atoms with E-state index < -0.39 is 11.7 Å². The summed E-state index contributed by atoms with van der Waals surface area (Å²) in [5, 5.41) is 2.83. The average Bonchev–Trinajstić information content (AvgIpc) is 2.50. The minimum Gasteiger partial charge on any atom is -0.332 e. The highest BCUT2D eigenvalue weighted by molar-refractivity contribution is 5.99. The molecule has 24 heavy (non-hydrogen) atoms. The number of hydrogen-bond acceptors (Lipinski definition) is 2. The van der Waals surface area contributed by atoms with Crippen LogP contribution in [0.2, 0.25) is 0 Å². The fourth-order valence-corrected chi connectivity index (χ4v) is 2.68. The number of nitrogens with zero attached hydrogens (tertiary/aromatic N) is 1. The number of halogens is 1. The fraction of sp³-hybridized carbons (Fsp3) is 0.263. The number of carbonyl (C=O) groups excluding carboxylic acids is 2. The number of benzene rings is 2. The van der Waals surface area contributed by atoms with Crippen LogP contribution in [0.25, 0.3) is 0 Å². The first-order chi connectivity index (χ1) is 11.3. The van der Waals surface area contributed by atoms with Crippen molar-refractivity contribution in [3.63, 3.8) is 0 Å². The van der Waals surface area contributed by atoms with Crippen LogP contribution in [-0.2, 0) is 4.79 Å². The van der Waals surface area contributed by atoms with Crippen LogP contribution < -0.4 is 5.32 Å². The molecule has 0 fully saturated rings. The SMILES string of the molecule is Cc1cc(C)c(NC(=O)CN(C)C(=O)c2ccccc2F)c(C)c1. The number of amides is 2. The maximum absolute atomic E-state index is 13.7. The van der Waals surface area contributed by atoms with Crippen LogP contribution in [0, 0.1) is 26.6 Å². The molecule has 4 nitrogen and oxygen atoms in total. The van der Waals surface area contributed by atoms with Gasteiger partial charge >= 0.3 is 0 Å². The Morgan fingerprint density at radius 3 is 2.25 bits per heavy atom. The summed E-state index contributed by atoms with van der Waals surface area (Å²) in [6.07, 6.45) is 0. The monoisotopic (exact) mass is 328 g/mol. The third-order valence-corrected chi connectivity index (χ3v) is 3.77. The smallest absolute Gasteiger partial charge is 0.257 e. The maximum atomic E-state index is 13.7. The van der Waals surface area contributed by atoms with Gasteiger partial charge in [-0.25, -0.2) is 4.39 Å². The number of aryl methyl sites for hydroxylation is 3. The van der Waals surface area contributed by atoms with E-state index in [4.69, 9.17) is 0 Å². The van der Waals surface area contributed by atoms with Gasteiger partial charge in [-0.05, 0) is 44.0 Å². The molecule has 0 unspecified atom stereocenters. The summed E-state index contributed by atoms with van der Waals surface area (Å²) in [7, 11) is 1.48. The summed E-state index contributed by atoms with van der Waals surface area (Å²) >= 11 is 0. The number of hydrogen-bond donors (Lipinski definition) is 1. The van der Waals surface area contributed by atoms with Gasteiger partial charge in [-0.3, -0.25) is 9.59 Å². The van der Waals surface area contributed by atoms with Crippen LogP contribution in [0.15, 0.2) is 36.4 Å². The van der Waals surface area contributed by atoms with Crippen LogP contribution >= 0.6 is 0 Å². The quantitative estimate of drug-likeness (QED) is 0.934. The number of carbonyl (C=O) groups is 2. The molecule has 2 aromatic carbocycles. The first-order valence-electron chi connectivity index (χ1n) is 7.67. The second kappa shape index (κ2) is 7.25. The maximum Gasteiger partial charge on any atom is 0.257 e. The van der Waals surface area contributed by atoms with Gasteiger partial charge in [0.05, 0.1) is 12.1 Å². The summed E-state index contributed by atoms with van der Waals surface area (Å²) in [5.41, 5.74) is 3.75. The number of anilines is 1. The zero-order valence-electron chi connectivity index (χ0n) is 14.3. The normalized spacial score (nSPS) is 10.4. The molecule has 2 aromatic rings. The second-order valence-electron chi connectivity index (χ2n) is 5.96. The molecule has 2 rings (SSSR count). The molecule has 2 amide bonds. The molecule has 0 aliphatic carbocycles. The van der Waals surface area contributed by atoms with E-state index in [1.807, 2.05) is 32.9 Å². The lowest BCUT2D eigenvalue weighted by atomic mass is 10.1. The van der Waals surface area contributed by atoms with Gasteiger partial charge < -0.3 is 10.2 Å². The van der Waals surface area contributed by atoms with E-state index in [2.05, 4.69) is 5.32 Å². The average molecular weight is 328 g/mol. The van der Waals surface area contributed by atoms with Crippen molar-refractivity contribution in [1.29, 1.82) is 0 Å². The predicted molar refractivity (Wildman–Crippen MR) is 92.6 cm³/mol. The van der Waals surface area contributed by atoms with E-state index >= 15 is 0 Å². The molecule has 0 aliphatic heterocycles. The summed E-state index contributed by atoms with van der Waals surface area (Å²) < 4.78 is 13.7. The van der Waals surface area contributed by atoms with Crippen molar-refractivity contribution in [2.45, 2.75) is 20.8 Å². The first kappa shape index (κ1) is 17.7. The van der Waals surface area contributed by atoms with E-state index in [0.29, 0.717) is 0 Å². The molecule has 0 saturated carbocycles. The highest BCUT2D eigenvalue weighted by Gasteiger charge is 2.18. The van der Waals surface area contributed by atoms with Gasteiger partial charge in [0, 0.05) is 12.7 Å². The Morgan fingerprint density at radius 2 is 1.67 bits per heavy atom. The largest absolute Gasteiger partial charge is 0.332 e. The summed E-state index contributed by atoms with van der Waals surface area (Å²) in [5.74, 6) is -1.45. The van der Waals surface area contributed by atoms with Crippen LogP contribution in [0.1, 0.15) is 27.0 Å². The van der Waals surface area contributed by atoms with Gasteiger partial charge in [0.15, 0.2) is 0 Å². The highest BCUT2D eigenvalue weighted by Crippen LogP contribution is 2.21. The molecule has 0 heterocycles. The Morgan fingerprint density at radius 1 is 1.08 bits per heavy atom. The molecule has 0 radical (unpaired) electrons. The van der Waals surface area contributed by atoms with Gasteiger partial charge in [-0.15, -0.1) is 0 Å².